The minimum Gasteiger partial charge on any atom is -0.303 e. The Kier molecular flexibility index (Phi) is 2.52. The summed E-state index contributed by atoms with van der Waals surface area (Å²) in [6.07, 6.45) is 4.90. The van der Waals surface area contributed by atoms with E-state index < -0.39 is 0 Å². The van der Waals surface area contributed by atoms with Crippen LogP contribution in [0.1, 0.15) is 29.5 Å². The minimum atomic E-state index is -0.256. The molecule has 2 aromatic rings. The number of imidazole rings is 1. The van der Waals surface area contributed by atoms with Gasteiger partial charge in [-0.3, -0.25) is 14.6 Å². The van der Waals surface area contributed by atoms with E-state index in [1.54, 1.807) is 23.0 Å². The third-order valence-corrected chi connectivity index (χ3v) is 2.17. The molecule has 0 spiro atoms. The predicted molar refractivity (Wildman–Crippen MR) is 57.4 cm³/mol. The second kappa shape index (κ2) is 3.84. The van der Waals surface area contributed by atoms with Crippen LogP contribution in [0.4, 0.5) is 0 Å². The topological polar surface area (TPSA) is 64.3 Å². The molecule has 0 aliphatic carbocycles. The number of carbonyl (C=O) groups excluding carboxylic acids is 2. The maximum atomic E-state index is 11.6. The molecule has 0 aliphatic heterocycles. The summed E-state index contributed by atoms with van der Waals surface area (Å²) in [6.45, 7) is 3.25. The molecule has 0 aliphatic rings. The zero-order chi connectivity index (χ0) is 11.7. The lowest BCUT2D eigenvalue weighted by Crippen LogP contribution is -2.04. The van der Waals surface area contributed by atoms with Crippen molar-refractivity contribution in [2.45, 2.75) is 20.3 Å². The van der Waals surface area contributed by atoms with Crippen LogP contribution in [0.5, 0.6) is 0 Å². The van der Waals surface area contributed by atoms with Crippen molar-refractivity contribution in [3.8, 4) is 0 Å². The summed E-state index contributed by atoms with van der Waals surface area (Å²) in [7, 11) is 0. The van der Waals surface area contributed by atoms with Crippen LogP contribution >= 0.6 is 0 Å². The fraction of sp³-hybridized carbons (Fsp3) is 0.273. The van der Waals surface area contributed by atoms with E-state index in [0.717, 1.165) is 5.69 Å². The number of fused-ring (bicyclic) bond motifs is 1. The van der Waals surface area contributed by atoms with Gasteiger partial charge in [-0.15, -0.1) is 0 Å². The Morgan fingerprint density at radius 1 is 1.38 bits per heavy atom. The van der Waals surface area contributed by atoms with Gasteiger partial charge in [0.1, 0.15) is 11.5 Å². The number of ketones is 2. The van der Waals surface area contributed by atoms with E-state index in [4.69, 9.17) is 0 Å². The van der Waals surface area contributed by atoms with Gasteiger partial charge in [0.2, 0.25) is 0 Å². The summed E-state index contributed by atoms with van der Waals surface area (Å²) >= 11 is 0. The SMILES string of the molecule is CC(=O)CC(=O)c1cn2cc(C)ncc2n1. The molecule has 0 bridgehead atoms. The van der Waals surface area contributed by atoms with E-state index in [-0.39, 0.29) is 18.0 Å². The largest absolute Gasteiger partial charge is 0.303 e. The highest BCUT2D eigenvalue weighted by molar-refractivity contribution is 6.06. The molecular weight excluding hydrogens is 206 g/mol. The molecule has 0 unspecified atom stereocenters. The summed E-state index contributed by atoms with van der Waals surface area (Å²) in [5.74, 6) is -0.412. The van der Waals surface area contributed by atoms with Crippen LogP contribution in [-0.4, -0.2) is 25.9 Å². The van der Waals surface area contributed by atoms with Gasteiger partial charge in [-0.05, 0) is 13.8 Å². The Hall–Kier alpha value is -2.04. The molecule has 0 radical (unpaired) electrons. The Balaban J connectivity index is 2.39. The number of aromatic nitrogens is 3. The Morgan fingerprint density at radius 3 is 2.81 bits per heavy atom. The van der Waals surface area contributed by atoms with Gasteiger partial charge in [0, 0.05) is 12.4 Å². The number of aryl methyl sites for hydroxylation is 1. The Bertz CT molecular complexity index is 572. The van der Waals surface area contributed by atoms with Gasteiger partial charge in [-0.1, -0.05) is 0 Å². The average molecular weight is 217 g/mol. The standard InChI is InChI=1S/C11H11N3O2/c1-7-5-14-6-9(10(16)3-8(2)15)13-11(14)4-12-7/h4-6H,3H2,1-2H3. The van der Waals surface area contributed by atoms with Crippen molar-refractivity contribution in [1.82, 2.24) is 14.4 Å². The van der Waals surface area contributed by atoms with Crippen LogP contribution < -0.4 is 0 Å². The summed E-state index contributed by atoms with van der Waals surface area (Å²) in [5, 5.41) is 0. The highest BCUT2D eigenvalue weighted by atomic mass is 16.1. The molecule has 5 heteroatoms. The van der Waals surface area contributed by atoms with Gasteiger partial charge in [-0.2, -0.15) is 0 Å². The van der Waals surface area contributed by atoms with Crippen molar-refractivity contribution in [3.63, 3.8) is 0 Å². The molecule has 0 saturated carbocycles. The predicted octanol–water partition coefficient (Wildman–Crippen LogP) is 1.20. The summed E-state index contributed by atoms with van der Waals surface area (Å²) in [6, 6.07) is 0. The lowest BCUT2D eigenvalue weighted by atomic mass is 10.2. The van der Waals surface area contributed by atoms with Crippen molar-refractivity contribution < 1.29 is 9.59 Å². The van der Waals surface area contributed by atoms with E-state index in [2.05, 4.69) is 9.97 Å². The number of rotatable bonds is 3. The molecule has 16 heavy (non-hydrogen) atoms. The third-order valence-electron chi connectivity index (χ3n) is 2.17. The van der Waals surface area contributed by atoms with E-state index in [1.807, 2.05) is 6.92 Å². The molecule has 2 aromatic heterocycles. The Morgan fingerprint density at radius 2 is 2.12 bits per heavy atom. The summed E-state index contributed by atoms with van der Waals surface area (Å²) in [4.78, 5) is 30.6. The molecule has 0 amide bonds. The zero-order valence-electron chi connectivity index (χ0n) is 9.10. The van der Waals surface area contributed by atoms with Crippen LogP contribution in [0.2, 0.25) is 0 Å². The van der Waals surface area contributed by atoms with Crippen LogP contribution in [0, 0.1) is 6.92 Å². The second-order valence-electron chi connectivity index (χ2n) is 3.72. The number of hydrogen-bond acceptors (Lipinski definition) is 4. The van der Waals surface area contributed by atoms with Crippen LogP contribution in [0.3, 0.4) is 0 Å². The third kappa shape index (κ3) is 1.98. The highest BCUT2D eigenvalue weighted by Crippen LogP contribution is 2.07. The summed E-state index contributed by atoms with van der Waals surface area (Å²) in [5.41, 5.74) is 1.76. The lowest BCUT2D eigenvalue weighted by Gasteiger charge is -1.92. The number of hydrogen-bond donors (Lipinski definition) is 0. The zero-order valence-corrected chi connectivity index (χ0v) is 9.10. The monoisotopic (exact) mass is 217 g/mol. The molecular formula is C11H11N3O2. The second-order valence-corrected chi connectivity index (χ2v) is 3.72. The minimum absolute atomic E-state index is 0.101. The van der Waals surface area contributed by atoms with Crippen LogP contribution in [0.15, 0.2) is 18.6 Å². The number of nitrogens with zero attached hydrogens (tertiary/aromatic N) is 3. The van der Waals surface area contributed by atoms with Gasteiger partial charge < -0.3 is 4.40 Å². The van der Waals surface area contributed by atoms with Gasteiger partial charge >= 0.3 is 0 Å². The molecule has 0 aromatic carbocycles. The fourth-order valence-electron chi connectivity index (χ4n) is 1.45. The number of carbonyl (C=O) groups is 2. The maximum absolute atomic E-state index is 11.6. The fourth-order valence-corrected chi connectivity index (χ4v) is 1.45. The van der Waals surface area contributed by atoms with E-state index in [1.165, 1.54) is 6.92 Å². The molecule has 0 atom stereocenters. The van der Waals surface area contributed by atoms with E-state index in [0.29, 0.717) is 11.3 Å². The molecule has 0 N–H and O–H groups in total. The van der Waals surface area contributed by atoms with Crippen molar-refractivity contribution in [2.75, 3.05) is 0 Å². The maximum Gasteiger partial charge on any atom is 0.190 e. The van der Waals surface area contributed by atoms with Crippen LogP contribution in [0.25, 0.3) is 5.65 Å². The molecule has 5 nitrogen and oxygen atoms in total. The van der Waals surface area contributed by atoms with Crippen molar-refractivity contribution in [3.05, 3.63) is 30.0 Å². The van der Waals surface area contributed by atoms with Crippen molar-refractivity contribution in [2.24, 2.45) is 0 Å². The van der Waals surface area contributed by atoms with E-state index >= 15 is 0 Å². The molecule has 2 rings (SSSR count). The molecule has 0 saturated heterocycles. The first-order chi connectivity index (χ1) is 7.56. The number of Topliss-reactive ketones (excluding diaryl/α,β-unsaturated/α-hetero) is 2. The lowest BCUT2D eigenvalue weighted by molar-refractivity contribution is -0.116. The van der Waals surface area contributed by atoms with Crippen LogP contribution in [-0.2, 0) is 4.79 Å². The smallest absolute Gasteiger partial charge is 0.190 e. The first-order valence-electron chi connectivity index (χ1n) is 4.90. The van der Waals surface area contributed by atoms with Gasteiger partial charge in [0.25, 0.3) is 0 Å². The molecule has 82 valence electrons. The van der Waals surface area contributed by atoms with Crippen molar-refractivity contribution >= 4 is 17.2 Å². The van der Waals surface area contributed by atoms with E-state index in [9.17, 15) is 9.59 Å². The quantitative estimate of drug-likeness (QED) is 0.572. The average Bonchev–Trinajstić information content (AvgIpc) is 2.59. The molecule has 2 heterocycles. The molecule has 0 fully saturated rings. The van der Waals surface area contributed by atoms with Gasteiger partial charge in [0.15, 0.2) is 11.4 Å². The summed E-state index contributed by atoms with van der Waals surface area (Å²) < 4.78 is 1.73. The van der Waals surface area contributed by atoms with Gasteiger partial charge in [0.05, 0.1) is 18.3 Å². The highest BCUT2D eigenvalue weighted by Gasteiger charge is 2.12. The van der Waals surface area contributed by atoms with Crippen molar-refractivity contribution in [1.29, 1.82) is 0 Å². The Labute approximate surface area is 92.1 Å². The normalized spacial score (nSPS) is 10.6. The first kappa shape index (κ1) is 10.5. The van der Waals surface area contributed by atoms with Gasteiger partial charge in [-0.25, -0.2) is 4.98 Å². The first-order valence-corrected chi connectivity index (χ1v) is 4.90.